The summed E-state index contributed by atoms with van der Waals surface area (Å²) in [6.45, 7) is 4.20. The van der Waals surface area contributed by atoms with E-state index in [9.17, 15) is 14.4 Å². The number of benzene rings is 3. The van der Waals surface area contributed by atoms with E-state index < -0.39 is 17.8 Å². The number of hydrogen-bond donors (Lipinski definition) is 1. The summed E-state index contributed by atoms with van der Waals surface area (Å²) in [5, 5.41) is 2.62. The first kappa shape index (κ1) is 25.2. The number of anilines is 1. The van der Waals surface area contributed by atoms with E-state index in [1.54, 1.807) is 24.3 Å². The van der Waals surface area contributed by atoms with Crippen molar-refractivity contribution in [3.05, 3.63) is 96.4 Å². The average Bonchev–Trinajstić information content (AvgIpc) is 2.79. The van der Waals surface area contributed by atoms with Crippen molar-refractivity contribution in [3.8, 4) is 5.75 Å². The second-order valence-electron chi connectivity index (χ2n) is 7.98. The third-order valence-electron chi connectivity index (χ3n) is 5.35. The standard InChI is InChI=1S/C26H19Br2ClN2O4/c1-14-3-6-16(7-4-14)13-35-23-20(27)10-17(11-21(23)28)9-19-24(32)30-26(34)31(25(19)33)18-8-5-15(2)22(29)12-18/h3-12H,13H2,1-2H3,(H,30,32,34)/b19-9-. The van der Waals surface area contributed by atoms with Crippen LogP contribution in [-0.2, 0) is 16.2 Å². The third-order valence-corrected chi connectivity index (χ3v) is 6.94. The lowest BCUT2D eigenvalue weighted by Crippen LogP contribution is -2.54. The zero-order chi connectivity index (χ0) is 25.3. The number of carbonyl (C=O) groups is 3. The summed E-state index contributed by atoms with van der Waals surface area (Å²) < 4.78 is 7.23. The molecule has 0 saturated carbocycles. The molecule has 0 bridgehead atoms. The third kappa shape index (κ3) is 5.50. The van der Waals surface area contributed by atoms with Crippen LogP contribution in [0.25, 0.3) is 6.08 Å². The molecule has 9 heteroatoms. The van der Waals surface area contributed by atoms with Crippen LogP contribution in [0.3, 0.4) is 0 Å². The molecule has 0 spiro atoms. The lowest BCUT2D eigenvalue weighted by atomic mass is 10.1. The maximum absolute atomic E-state index is 13.2. The Kier molecular flexibility index (Phi) is 7.44. The molecule has 1 N–H and O–H groups in total. The molecular formula is C26H19Br2ClN2O4. The molecule has 0 atom stereocenters. The molecule has 3 aromatic rings. The van der Waals surface area contributed by atoms with Gasteiger partial charge in [0.1, 0.15) is 17.9 Å². The molecule has 0 radical (unpaired) electrons. The molecule has 1 fully saturated rings. The fourth-order valence-electron chi connectivity index (χ4n) is 3.42. The van der Waals surface area contributed by atoms with Gasteiger partial charge in [0.05, 0.1) is 14.6 Å². The number of aryl methyl sites for hydroxylation is 2. The summed E-state index contributed by atoms with van der Waals surface area (Å²) in [4.78, 5) is 39.0. The fraction of sp³-hybridized carbons (Fsp3) is 0.115. The molecule has 4 amide bonds. The first-order chi connectivity index (χ1) is 16.6. The molecule has 4 rings (SSSR count). The molecular weight excluding hydrogens is 600 g/mol. The Hall–Kier alpha value is -2.94. The van der Waals surface area contributed by atoms with Crippen molar-refractivity contribution >= 4 is 73.1 Å². The Morgan fingerprint density at radius 2 is 1.63 bits per heavy atom. The molecule has 0 aliphatic carbocycles. The summed E-state index contributed by atoms with van der Waals surface area (Å²) in [5.74, 6) is -0.940. The van der Waals surface area contributed by atoms with E-state index in [1.165, 1.54) is 17.7 Å². The van der Waals surface area contributed by atoms with E-state index in [2.05, 4.69) is 37.2 Å². The van der Waals surface area contributed by atoms with Gasteiger partial charge in [-0.1, -0.05) is 47.5 Å². The second kappa shape index (κ2) is 10.4. The van der Waals surface area contributed by atoms with Crippen LogP contribution in [-0.4, -0.2) is 17.8 Å². The summed E-state index contributed by atoms with van der Waals surface area (Å²) in [7, 11) is 0. The molecule has 178 valence electrons. The Labute approximate surface area is 224 Å². The van der Waals surface area contributed by atoms with Crippen molar-refractivity contribution in [3.63, 3.8) is 0 Å². The van der Waals surface area contributed by atoms with Gasteiger partial charge in [-0.2, -0.15) is 0 Å². The molecule has 6 nitrogen and oxygen atoms in total. The Balaban J connectivity index is 1.61. The van der Waals surface area contributed by atoms with Crippen LogP contribution in [0, 0.1) is 13.8 Å². The zero-order valence-corrected chi connectivity index (χ0v) is 22.6. The highest BCUT2D eigenvalue weighted by molar-refractivity contribution is 9.11. The lowest BCUT2D eigenvalue weighted by Gasteiger charge is -2.26. The highest BCUT2D eigenvalue weighted by Crippen LogP contribution is 2.36. The van der Waals surface area contributed by atoms with E-state index in [0.717, 1.165) is 16.0 Å². The minimum absolute atomic E-state index is 0.187. The number of nitrogens with zero attached hydrogens (tertiary/aromatic N) is 1. The average molecular weight is 619 g/mol. The first-order valence-corrected chi connectivity index (χ1v) is 12.5. The van der Waals surface area contributed by atoms with E-state index in [4.69, 9.17) is 16.3 Å². The van der Waals surface area contributed by atoms with Crippen LogP contribution in [0.4, 0.5) is 10.5 Å². The largest absolute Gasteiger partial charge is 0.487 e. The number of rotatable bonds is 5. The highest BCUT2D eigenvalue weighted by Gasteiger charge is 2.37. The maximum Gasteiger partial charge on any atom is 0.335 e. The molecule has 1 saturated heterocycles. The summed E-state index contributed by atoms with van der Waals surface area (Å²) >= 11 is 13.2. The molecule has 1 aliphatic heterocycles. The van der Waals surface area contributed by atoms with Crippen molar-refractivity contribution in [1.82, 2.24) is 5.32 Å². The van der Waals surface area contributed by atoms with E-state index >= 15 is 0 Å². The van der Waals surface area contributed by atoms with Crippen molar-refractivity contribution in [2.75, 3.05) is 4.90 Å². The van der Waals surface area contributed by atoms with Crippen LogP contribution >= 0.6 is 43.5 Å². The van der Waals surface area contributed by atoms with E-state index in [-0.39, 0.29) is 11.3 Å². The van der Waals surface area contributed by atoms with Gasteiger partial charge in [0.25, 0.3) is 11.8 Å². The topological polar surface area (TPSA) is 75.7 Å². The monoisotopic (exact) mass is 616 g/mol. The molecule has 0 aromatic heterocycles. The minimum Gasteiger partial charge on any atom is -0.487 e. The van der Waals surface area contributed by atoms with Crippen LogP contribution in [0.2, 0.25) is 5.02 Å². The molecule has 35 heavy (non-hydrogen) atoms. The number of carbonyl (C=O) groups excluding carboxylic acids is 3. The van der Waals surface area contributed by atoms with Crippen LogP contribution in [0.15, 0.2) is 69.1 Å². The van der Waals surface area contributed by atoms with E-state index in [1.807, 2.05) is 38.1 Å². The van der Waals surface area contributed by atoms with Gasteiger partial charge in [0.2, 0.25) is 0 Å². The second-order valence-corrected chi connectivity index (χ2v) is 10.1. The quantitative estimate of drug-likeness (QED) is 0.254. The zero-order valence-electron chi connectivity index (χ0n) is 18.7. The number of nitrogens with one attached hydrogen (secondary N) is 1. The van der Waals surface area contributed by atoms with Gasteiger partial charge >= 0.3 is 6.03 Å². The Morgan fingerprint density at radius 3 is 2.26 bits per heavy atom. The Bertz CT molecular complexity index is 1360. The first-order valence-electron chi connectivity index (χ1n) is 10.5. The molecule has 3 aromatic carbocycles. The molecule has 1 heterocycles. The number of urea groups is 1. The van der Waals surface area contributed by atoms with Crippen molar-refractivity contribution < 1.29 is 19.1 Å². The van der Waals surface area contributed by atoms with Gasteiger partial charge in [-0.25, -0.2) is 9.69 Å². The van der Waals surface area contributed by atoms with Gasteiger partial charge in [-0.15, -0.1) is 0 Å². The number of halogens is 3. The van der Waals surface area contributed by atoms with Gasteiger partial charge in [0.15, 0.2) is 0 Å². The predicted molar refractivity (Wildman–Crippen MR) is 143 cm³/mol. The fourth-order valence-corrected chi connectivity index (χ4v) is 5.05. The minimum atomic E-state index is -0.834. The van der Waals surface area contributed by atoms with Gasteiger partial charge in [-0.05, 0) is 92.7 Å². The van der Waals surface area contributed by atoms with Crippen molar-refractivity contribution in [1.29, 1.82) is 0 Å². The smallest absolute Gasteiger partial charge is 0.335 e. The lowest BCUT2D eigenvalue weighted by molar-refractivity contribution is -0.122. The number of ether oxygens (including phenoxy) is 1. The summed E-state index contributed by atoms with van der Waals surface area (Å²) in [6.07, 6.45) is 1.42. The van der Waals surface area contributed by atoms with Crippen LogP contribution < -0.4 is 15.0 Å². The number of barbiturate groups is 1. The maximum atomic E-state index is 13.2. The highest BCUT2D eigenvalue weighted by atomic mass is 79.9. The summed E-state index contributed by atoms with van der Waals surface area (Å²) in [5.41, 5.74) is 3.62. The van der Waals surface area contributed by atoms with Gasteiger partial charge in [0, 0.05) is 5.02 Å². The van der Waals surface area contributed by atoms with Gasteiger partial charge in [-0.3, -0.25) is 14.9 Å². The predicted octanol–water partition coefficient (Wildman–Crippen LogP) is 6.73. The van der Waals surface area contributed by atoms with Crippen molar-refractivity contribution in [2.45, 2.75) is 20.5 Å². The molecule has 0 unspecified atom stereocenters. The van der Waals surface area contributed by atoms with Crippen LogP contribution in [0.5, 0.6) is 5.75 Å². The van der Waals surface area contributed by atoms with Gasteiger partial charge < -0.3 is 4.74 Å². The van der Waals surface area contributed by atoms with Crippen molar-refractivity contribution in [2.24, 2.45) is 0 Å². The van der Waals surface area contributed by atoms with Crippen LogP contribution in [0.1, 0.15) is 22.3 Å². The number of amides is 4. The number of hydrogen-bond acceptors (Lipinski definition) is 4. The Morgan fingerprint density at radius 1 is 0.971 bits per heavy atom. The number of imide groups is 2. The van der Waals surface area contributed by atoms with E-state index in [0.29, 0.717) is 31.9 Å². The normalized spacial score (nSPS) is 14.9. The molecule has 1 aliphatic rings. The summed E-state index contributed by atoms with van der Waals surface area (Å²) in [6, 6.07) is 15.5. The SMILES string of the molecule is Cc1ccc(COc2c(Br)cc(/C=C3/C(=O)NC(=O)N(c4ccc(C)c(Cl)c4)C3=O)cc2Br)cc1.